The van der Waals surface area contributed by atoms with Gasteiger partial charge in [-0.2, -0.15) is 0 Å². The number of aliphatic hydroxyl groups excluding tert-OH is 1. The van der Waals surface area contributed by atoms with Crippen molar-refractivity contribution in [2.24, 2.45) is 11.3 Å². The maximum atomic E-state index is 10.7. The third-order valence-corrected chi connectivity index (χ3v) is 5.58. The molecule has 0 bridgehead atoms. The van der Waals surface area contributed by atoms with Crippen LogP contribution in [0.4, 0.5) is 0 Å². The number of rotatable bonds is 3. The molecule has 0 radical (unpaired) electrons. The molecule has 2 aliphatic carbocycles. The van der Waals surface area contributed by atoms with Gasteiger partial charge in [-0.1, -0.05) is 51.0 Å². The molecule has 1 aromatic carbocycles. The summed E-state index contributed by atoms with van der Waals surface area (Å²) in [4.78, 5) is 0. The molecule has 1 nitrogen and oxygen atoms in total. The molecule has 0 amide bonds. The van der Waals surface area contributed by atoms with E-state index in [1.165, 1.54) is 44.1 Å². The fourth-order valence-corrected chi connectivity index (χ4v) is 3.88. The zero-order valence-electron chi connectivity index (χ0n) is 12.2. The summed E-state index contributed by atoms with van der Waals surface area (Å²) in [5.41, 5.74) is 2.86. The van der Waals surface area contributed by atoms with Crippen molar-refractivity contribution < 1.29 is 5.11 Å². The van der Waals surface area contributed by atoms with Gasteiger partial charge in [-0.3, -0.25) is 0 Å². The summed E-state index contributed by atoms with van der Waals surface area (Å²) >= 11 is 0. The standard InChI is InChI=1S/C18H26O/c1-18(2)12-4-7-16(18)17(19)15-10-8-14(9-11-15)13-5-3-6-13/h8-11,13,16-17,19H,3-7,12H2,1-2H3. The molecule has 2 aliphatic rings. The third-order valence-electron chi connectivity index (χ3n) is 5.58. The van der Waals surface area contributed by atoms with E-state index in [4.69, 9.17) is 0 Å². The molecule has 2 fully saturated rings. The maximum absolute atomic E-state index is 10.7. The number of aliphatic hydroxyl groups is 1. The summed E-state index contributed by atoms with van der Waals surface area (Å²) in [6.07, 6.45) is 7.45. The summed E-state index contributed by atoms with van der Waals surface area (Å²) in [5, 5.41) is 10.7. The maximum Gasteiger partial charge on any atom is 0.0823 e. The van der Waals surface area contributed by atoms with Crippen LogP contribution in [0.15, 0.2) is 24.3 Å². The topological polar surface area (TPSA) is 20.2 Å². The first-order valence-electron chi connectivity index (χ1n) is 7.86. The molecule has 2 unspecified atom stereocenters. The number of benzene rings is 1. The second-order valence-corrected chi connectivity index (χ2v) is 7.23. The van der Waals surface area contributed by atoms with Gasteiger partial charge in [-0.05, 0) is 54.1 Å². The van der Waals surface area contributed by atoms with Crippen LogP contribution in [-0.2, 0) is 0 Å². The summed E-state index contributed by atoms with van der Waals surface area (Å²) in [6, 6.07) is 8.80. The largest absolute Gasteiger partial charge is 0.388 e. The van der Waals surface area contributed by atoms with E-state index in [1.807, 2.05) is 0 Å². The lowest BCUT2D eigenvalue weighted by Gasteiger charge is -2.32. The van der Waals surface area contributed by atoms with E-state index in [9.17, 15) is 5.11 Å². The Morgan fingerprint density at radius 1 is 1.05 bits per heavy atom. The summed E-state index contributed by atoms with van der Waals surface area (Å²) in [5.74, 6) is 1.20. The molecule has 104 valence electrons. The average Bonchev–Trinajstić information content (AvgIpc) is 2.67. The zero-order valence-corrected chi connectivity index (χ0v) is 12.2. The van der Waals surface area contributed by atoms with Crippen LogP contribution in [0.1, 0.15) is 75.5 Å². The Kier molecular flexibility index (Phi) is 3.42. The Morgan fingerprint density at radius 2 is 1.74 bits per heavy atom. The van der Waals surface area contributed by atoms with Gasteiger partial charge in [-0.15, -0.1) is 0 Å². The molecule has 2 atom stereocenters. The monoisotopic (exact) mass is 258 g/mol. The van der Waals surface area contributed by atoms with E-state index in [-0.39, 0.29) is 11.5 Å². The fourth-order valence-electron chi connectivity index (χ4n) is 3.88. The first-order valence-corrected chi connectivity index (χ1v) is 7.86. The highest BCUT2D eigenvalue weighted by atomic mass is 16.3. The van der Waals surface area contributed by atoms with Crippen LogP contribution in [0.3, 0.4) is 0 Å². The smallest absolute Gasteiger partial charge is 0.0823 e. The Labute approximate surface area is 117 Å². The Balaban J connectivity index is 1.74. The van der Waals surface area contributed by atoms with E-state index < -0.39 is 0 Å². The Bertz CT molecular complexity index is 428. The average molecular weight is 258 g/mol. The van der Waals surface area contributed by atoms with E-state index in [0.29, 0.717) is 5.92 Å². The van der Waals surface area contributed by atoms with Gasteiger partial charge in [0.1, 0.15) is 0 Å². The molecule has 0 heterocycles. The highest BCUT2D eigenvalue weighted by molar-refractivity contribution is 5.28. The molecule has 1 N–H and O–H groups in total. The van der Waals surface area contributed by atoms with Gasteiger partial charge >= 0.3 is 0 Å². The van der Waals surface area contributed by atoms with Crippen molar-refractivity contribution >= 4 is 0 Å². The second kappa shape index (κ2) is 4.94. The predicted octanol–water partition coefficient (Wildman–Crippen LogP) is 4.81. The van der Waals surface area contributed by atoms with Crippen molar-refractivity contribution in [3.8, 4) is 0 Å². The normalized spacial score (nSPS) is 28.1. The number of hydrogen-bond acceptors (Lipinski definition) is 1. The van der Waals surface area contributed by atoms with E-state index in [1.54, 1.807) is 0 Å². The SMILES string of the molecule is CC1(C)CCCC1C(O)c1ccc(C2CCC2)cc1. The minimum Gasteiger partial charge on any atom is -0.388 e. The molecule has 1 heteroatoms. The highest BCUT2D eigenvalue weighted by Crippen LogP contribution is 2.48. The van der Waals surface area contributed by atoms with Gasteiger partial charge in [0, 0.05) is 0 Å². The summed E-state index contributed by atoms with van der Waals surface area (Å²) in [6.45, 7) is 4.60. The predicted molar refractivity (Wildman–Crippen MR) is 79.1 cm³/mol. The van der Waals surface area contributed by atoms with E-state index in [2.05, 4.69) is 38.1 Å². The molecule has 19 heavy (non-hydrogen) atoms. The Morgan fingerprint density at radius 3 is 2.21 bits per heavy atom. The van der Waals surface area contributed by atoms with Crippen LogP contribution in [0.2, 0.25) is 0 Å². The van der Waals surface area contributed by atoms with Gasteiger partial charge < -0.3 is 5.11 Å². The van der Waals surface area contributed by atoms with E-state index >= 15 is 0 Å². The first-order chi connectivity index (χ1) is 9.08. The highest BCUT2D eigenvalue weighted by Gasteiger charge is 2.39. The molecule has 2 saturated carbocycles. The van der Waals surface area contributed by atoms with Gasteiger partial charge in [0.25, 0.3) is 0 Å². The first kappa shape index (κ1) is 13.2. The van der Waals surface area contributed by atoms with Crippen molar-refractivity contribution in [3.05, 3.63) is 35.4 Å². The molecule has 3 rings (SSSR count). The van der Waals surface area contributed by atoms with Crippen molar-refractivity contribution in [3.63, 3.8) is 0 Å². The number of hydrogen-bond donors (Lipinski definition) is 1. The molecule has 0 aromatic heterocycles. The lowest BCUT2D eigenvalue weighted by Crippen LogP contribution is -2.24. The van der Waals surface area contributed by atoms with Crippen LogP contribution in [0.5, 0.6) is 0 Å². The third kappa shape index (κ3) is 2.45. The van der Waals surface area contributed by atoms with Crippen LogP contribution in [-0.4, -0.2) is 5.11 Å². The van der Waals surface area contributed by atoms with Gasteiger partial charge in [0.05, 0.1) is 6.10 Å². The fraction of sp³-hybridized carbons (Fsp3) is 0.667. The Hall–Kier alpha value is -0.820. The van der Waals surface area contributed by atoms with Crippen molar-refractivity contribution in [1.29, 1.82) is 0 Å². The van der Waals surface area contributed by atoms with Crippen LogP contribution >= 0.6 is 0 Å². The second-order valence-electron chi connectivity index (χ2n) is 7.23. The molecule has 0 spiro atoms. The van der Waals surface area contributed by atoms with Crippen LogP contribution in [0, 0.1) is 11.3 Å². The van der Waals surface area contributed by atoms with Crippen molar-refractivity contribution in [1.82, 2.24) is 0 Å². The molecular formula is C18H26O. The molecule has 0 saturated heterocycles. The quantitative estimate of drug-likeness (QED) is 0.824. The minimum absolute atomic E-state index is 0.284. The van der Waals surface area contributed by atoms with Gasteiger partial charge in [-0.25, -0.2) is 0 Å². The van der Waals surface area contributed by atoms with E-state index in [0.717, 1.165) is 11.5 Å². The molecule has 1 aromatic rings. The van der Waals surface area contributed by atoms with Crippen molar-refractivity contribution in [2.45, 2.75) is 64.4 Å². The molecule has 0 aliphatic heterocycles. The van der Waals surface area contributed by atoms with Crippen LogP contribution in [0.25, 0.3) is 0 Å². The van der Waals surface area contributed by atoms with Crippen molar-refractivity contribution in [2.75, 3.05) is 0 Å². The van der Waals surface area contributed by atoms with Crippen LogP contribution < -0.4 is 0 Å². The molecular weight excluding hydrogens is 232 g/mol. The minimum atomic E-state index is -0.284. The van der Waals surface area contributed by atoms with Gasteiger partial charge in [0.15, 0.2) is 0 Å². The lowest BCUT2D eigenvalue weighted by molar-refractivity contribution is 0.0531. The zero-order chi connectivity index (χ0) is 13.5. The summed E-state index contributed by atoms with van der Waals surface area (Å²) in [7, 11) is 0. The lowest BCUT2D eigenvalue weighted by atomic mass is 9.76. The van der Waals surface area contributed by atoms with Gasteiger partial charge in [0.2, 0.25) is 0 Å². The summed E-state index contributed by atoms with van der Waals surface area (Å²) < 4.78 is 0.